The Morgan fingerprint density at radius 1 is 1.10 bits per heavy atom. The molecule has 0 saturated carbocycles. The predicted octanol–water partition coefficient (Wildman–Crippen LogP) is 0.439. The number of anilines is 1. The molecular weight excluding hydrogens is 304 g/mol. The molecule has 0 bridgehead atoms. The molecule has 9 heteroatoms. The molecule has 0 aliphatic heterocycles. The summed E-state index contributed by atoms with van der Waals surface area (Å²) in [6.07, 6.45) is 0.742. The summed E-state index contributed by atoms with van der Waals surface area (Å²) in [7, 11) is -8.04. The maximum Gasteiger partial charge on any atom is 0.253 e. The van der Waals surface area contributed by atoms with Crippen molar-refractivity contribution in [1.82, 2.24) is 4.13 Å². The fourth-order valence-corrected chi connectivity index (χ4v) is 3.68. The smallest absolute Gasteiger partial charge is 0.253 e. The first-order chi connectivity index (χ1) is 9.01. The fourth-order valence-electron chi connectivity index (χ4n) is 1.20. The molecule has 0 atom stereocenters. The lowest BCUT2D eigenvalue weighted by Gasteiger charge is -2.07. The van der Waals surface area contributed by atoms with Crippen LogP contribution < -0.4 is 9.44 Å². The minimum Gasteiger partial charge on any atom is -0.322 e. The van der Waals surface area contributed by atoms with E-state index in [0.717, 1.165) is 6.26 Å². The van der Waals surface area contributed by atoms with Crippen molar-refractivity contribution in [3.8, 4) is 0 Å². The van der Waals surface area contributed by atoms with Crippen molar-refractivity contribution in [3.05, 3.63) is 36.4 Å². The molecule has 0 aliphatic carbocycles. The molecule has 2 N–H and O–H groups in total. The van der Waals surface area contributed by atoms with Gasteiger partial charge >= 0.3 is 0 Å². The molecule has 0 unspecified atom stereocenters. The zero-order chi connectivity index (χ0) is 15.6. The fraction of sp³-hybridized carbons (Fsp3) is 0.182. The molecule has 0 radical (unpaired) electrons. The maximum atomic E-state index is 11.7. The van der Waals surface area contributed by atoms with Gasteiger partial charge in [0.1, 0.15) is 0 Å². The highest BCUT2D eigenvalue weighted by Gasteiger charge is 2.19. The van der Waals surface area contributed by atoms with E-state index in [1.165, 1.54) is 35.3 Å². The normalized spacial score (nSPS) is 11.9. The highest BCUT2D eigenvalue weighted by molar-refractivity contribution is 8.04. The average molecular weight is 318 g/mol. The van der Waals surface area contributed by atoms with Crippen LogP contribution in [0, 0.1) is 0 Å². The first kappa shape index (κ1) is 16.3. The standard InChI is InChI=1S/C11H14N2O5S2/c1-8(2)11(14)12-9-4-6-10(7-5-9)20(17,18)13-19(3,15)16/h4-7,13H,1H2,2-3H3,(H,12,14). The second-order valence-corrected chi connectivity index (χ2v) is 7.81. The van der Waals surface area contributed by atoms with Gasteiger partial charge in [0, 0.05) is 11.3 Å². The Hall–Kier alpha value is -1.71. The molecule has 7 nitrogen and oxygen atoms in total. The monoisotopic (exact) mass is 318 g/mol. The van der Waals surface area contributed by atoms with Crippen molar-refractivity contribution >= 4 is 31.6 Å². The Balaban J connectivity index is 2.97. The van der Waals surface area contributed by atoms with Gasteiger partial charge < -0.3 is 5.32 Å². The van der Waals surface area contributed by atoms with Crippen LogP contribution in [0.1, 0.15) is 6.92 Å². The number of amides is 1. The predicted molar refractivity (Wildman–Crippen MR) is 75.1 cm³/mol. The van der Waals surface area contributed by atoms with Gasteiger partial charge in [0.2, 0.25) is 10.0 Å². The van der Waals surface area contributed by atoms with Crippen LogP contribution >= 0.6 is 0 Å². The third kappa shape index (κ3) is 4.76. The zero-order valence-corrected chi connectivity index (χ0v) is 12.5. The van der Waals surface area contributed by atoms with Crippen LogP contribution in [-0.2, 0) is 24.8 Å². The van der Waals surface area contributed by atoms with Crippen LogP contribution in [0.5, 0.6) is 0 Å². The van der Waals surface area contributed by atoms with E-state index in [1.807, 2.05) is 0 Å². The Labute approximate surface area is 117 Å². The molecule has 1 amide bonds. The number of carbonyl (C=O) groups excluding carboxylic acids is 1. The first-order valence-corrected chi connectivity index (χ1v) is 8.69. The number of hydrogen-bond acceptors (Lipinski definition) is 5. The van der Waals surface area contributed by atoms with E-state index >= 15 is 0 Å². The SMILES string of the molecule is C=C(C)C(=O)Nc1ccc(S(=O)(=O)NS(C)(=O)=O)cc1. The number of sulfonamides is 2. The van der Waals surface area contributed by atoms with Gasteiger partial charge in [-0.05, 0) is 31.2 Å². The van der Waals surface area contributed by atoms with Crippen molar-refractivity contribution in [1.29, 1.82) is 0 Å². The maximum absolute atomic E-state index is 11.7. The third-order valence-electron chi connectivity index (χ3n) is 2.07. The summed E-state index contributed by atoms with van der Waals surface area (Å²) >= 11 is 0. The molecule has 1 rings (SSSR count). The summed E-state index contributed by atoms with van der Waals surface area (Å²) in [4.78, 5) is 11.1. The van der Waals surface area contributed by atoms with E-state index in [4.69, 9.17) is 0 Å². The summed E-state index contributed by atoms with van der Waals surface area (Å²) in [6, 6.07) is 5.05. The molecule has 20 heavy (non-hydrogen) atoms. The van der Waals surface area contributed by atoms with Crippen molar-refractivity contribution < 1.29 is 21.6 Å². The molecule has 0 spiro atoms. The van der Waals surface area contributed by atoms with Gasteiger partial charge in [0.25, 0.3) is 15.9 Å². The third-order valence-corrected chi connectivity index (χ3v) is 5.05. The second-order valence-electron chi connectivity index (χ2n) is 4.12. The minimum atomic E-state index is -4.15. The lowest BCUT2D eigenvalue weighted by molar-refractivity contribution is -0.112. The van der Waals surface area contributed by atoms with E-state index in [2.05, 4.69) is 11.9 Å². The van der Waals surface area contributed by atoms with Gasteiger partial charge in [-0.2, -0.15) is 0 Å². The van der Waals surface area contributed by atoms with Crippen molar-refractivity contribution in [2.75, 3.05) is 11.6 Å². The van der Waals surface area contributed by atoms with E-state index in [9.17, 15) is 21.6 Å². The summed E-state index contributed by atoms with van der Waals surface area (Å²) in [5, 5.41) is 2.50. The topological polar surface area (TPSA) is 109 Å². The molecule has 1 aromatic rings. The van der Waals surface area contributed by atoms with Crippen molar-refractivity contribution in [2.45, 2.75) is 11.8 Å². The number of carbonyl (C=O) groups is 1. The Kier molecular flexibility index (Phi) is 4.69. The zero-order valence-electron chi connectivity index (χ0n) is 10.9. The van der Waals surface area contributed by atoms with Crippen LogP contribution in [0.2, 0.25) is 0 Å². The molecule has 0 saturated heterocycles. The second kappa shape index (κ2) is 5.73. The van der Waals surface area contributed by atoms with E-state index < -0.39 is 26.0 Å². The Morgan fingerprint density at radius 2 is 1.60 bits per heavy atom. The first-order valence-electron chi connectivity index (χ1n) is 5.32. The van der Waals surface area contributed by atoms with Crippen molar-refractivity contribution in [3.63, 3.8) is 0 Å². The molecule has 0 aliphatic rings. The minimum absolute atomic E-state index is 0.226. The molecule has 1 aromatic carbocycles. The van der Waals surface area contributed by atoms with Gasteiger partial charge in [-0.1, -0.05) is 6.58 Å². The van der Waals surface area contributed by atoms with Gasteiger partial charge in [0.15, 0.2) is 0 Å². The summed E-state index contributed by atoms with van der Waals surface area (Å²) in [6.45, 7) is 5.00. The van der Waals surface area contributed by atoms with Gasteiger partial charge in [-0.3, -0.25) is 4.79 Å². The van der Waals surface area contributed by atoms with Crippen LogP contribution in [-0.4, -0.2) is 29.0 Å². The van der Waals surface area contributed by atoms with E-state index in [1.54, 1.807) is 0 Å². The van der Waals surface area contributed by atoms with Gasteiger partial charge in [-0.25, -0.2) is 16.8 Å². The Morgan fingerprint density at radius 3 is 2.00 bits per heavy atom. The highest BCUT2D eigenvalue weighted by Crippen LogP contribution is 2.14. The Bertz CT molecular complexity index is 734. The van der Waals surface area contributed by atoms with Gasteiger partial charge in [-0.15, -0.1) is 4.13 Å². The quantitative estimate of drug-likeness (QED) is 0.766. The van der Waals surface area contributed by atoms with Crippen LogP contribution in [0.25, 0.3) is 0 Å². The highest BCUT2D eigenvalue weighted by atomic mass is 32.3. The summed E-state index contributed by atoms with van der Waals surface area (Å²) in [5.41, 5.74) is 0.678. The van der Waals surface area contributed by atoms with Crippen LogP contribution in [0.4, 0.5) is 5.69 Å². The number of benzene rings is 1. The number of rotatable bonds is 5. The lowest BCUT2D eigenvalue weighted by atomic mass is 10.3. The van der Waals surface area contributed by atoms with E-state index in [-0.39, 0.29) is 4.90 Å². The van der Waals surface area contributed by atoms with Crippen LogP contribution in [0.3, 0.4) is 0 Å². The summed E-state index contributed by atoms with van der Waals surface area (Å²) in [5.74, 6) is -0.394. The van der Waals surface area contributed by atoms with Gasteiger partial charge in [0.05, 0.1) is 11.2 Å². The largest absolute Gasteiger partial charge is 0.322 e. The lowest BCUT2D eigenvalue weighted by Crippen LogP contribution is -2.29. The molecule has 0 heterocycles. The van der Waals surface area contributed by atoms with Crippen LogP contribution in [0.15, 0.2) is 41.3 Å². The molecular formula is C11H14N2O5S2. The summed E-state index contributed by atoms with van der Waals surface area (Å²) < 4.78 is 46.8. The number of nitrogens with one attached hydrogen (secondary N) is 2. The number of hydrogen-bond donors (Lipinski definition) is 2. The molecule has 110 valence electrons. The molecule has 0 aromatic heterocycles. The average Bonchev–Trinajstić information content (AvgIpc) is 2.26. The van der Waals surface area contributed by atoms with E-state index in [0.29, 0.717) is 11.3 Å². The molecule has 0 fully saturated rings. The van der Waals surface area contributed by atoms with Crippen molar-refractivity contribution in [2.24, 2.45) is 0 Å².